The second kappa shape index (κ2) is 8.33. The molecule has 4 rings (SSSR count). The maximum atomic E-state index is 12.8. The Kier molecular flexibility index (Phi) is 5.44. The Morgan fingerprint density at radius 1 is 0.933 bits per heavy atom. The predicted octanol–water partition coefficient (Wildman–Crippen LogP) is 5.21. The average Bonchev–Trinajstić information content (AvgIpc) is 3.10. The van der Waals surface area contributed by atoms with Crippen molar-refractivity contribution in [3.8, 4) is 23.0 Å². The third-order valence-electron chi connectivity index (χ3n) is 4.98. The Morgan fingerprint density at radius 3 is 2.43 bits per heavy atom. The first-order valence-electron chi connectivity index (χ1n) is 9.56. The number of benzene rings is 3. The summed E-state index contributed by atoms with van der Waals surface area (Å²) in [6.07, 6.45) is 1.72. The van der Waals surface area contributed by atoms with Crippen LogP contribution in [-0.4, -0.2) is 20.0 Å². The standard InChI is InChI=1S/C25H22O5/c1-16-22(29-15-17-7-9-19(27-2)10-8-17)12-11-21-24(26)23(30-25(16)21)14-18-5-4-6-20(13-18)28-3/h4-14H,15H2,1-3H3/b23-14-. The van der Waals surface area contributed by atoms with Gasteiger partial charge in [0.15, 0.2) is 5.76 Å². The molecule has 0 unspecified atom stereocenters. The Labute approximate surface area is 175 Å². The van der Waals surface area contributed by atoms with Crippen LogP contribution >= 0.6 is 0 Å². The lowest BCUT2D eigenvalue weighted by molar-refractivity contribution is 0.101. The summed E-state index contributed by atoms with van der Waals surface area (Å²) in [6.45, 7) is 2.30. The van der Waals surface area contributed by atoms with Gasteiger partial charge in [-0.1, -0.05) is 24.3 Å². The van der Waals surface area contributed by atoms with Gasteiger partial charge in [-0.2, -0.15) is 0 Å². The Hall–Kier alpha value is -3.73. The number of Topliss-reactive ketones (excluding diaryl/α,β-unsaturated/α-hetero) is 1. The Bertz CT molecular complexity index is 1110. The molecule has 1 aliphatic rings. The largest absolute Gasteiger partial charge is 0.497 e. The van der Waals surface area contributed by atoms with E-state index in [1.807, 2.05) is 61.5 Å². The zero-order valence-electron chi connectivity index (χ0n) is 17.1. The predicted molar refractivity (Wildman–Crippen MR) is 114 cm³/mol. The van der Waals surface area contributed by atoms with Crippen LogP contribution in [0.25, 0.3) is 6.08 Å². The molecule has 0 radical (unpaired) electrons. The van der Waals surface area contributed by atoms with Gasteiger partial charge in [-0.15, -0.1) is 0 Å². The van der Waals surface area contributed by atoms with E-state index in [0.717, 1.165) is 28.2 Å². The number of ketones is 1. The summed E-state index contributed by atoms with van der Waals surface area (Å²) >= 11 is 0. The lowest BCUT2D eigenvalue weighted by Gasteiger charge is -2.12. The summed E-state index contributed by atoms with van der Waals surface area (Å²) in [7, 11) is 3.24. The zero-order valence-corrected chi connectivity index (χ0v) is 17.1. The summed E-state index contributed by atoms with van der Waals surface area (Å²) in [5.74, 6) is 2.89. The van der Waals surface area contributed by atoms with Crippen molar-refractivity contribution in [2.45, 2.75) is 13.5 Å². The second-order valence-corrected chi connectivity index (χ2v) is 6.92. The van der Waals surface area contributed by atoms with E-state index < -0.39 is 0 Å². The van der Waals surface area contributed by atoms with Crippen LogP contribution in [0.2, 0.25) is 0 Å². The van der Waals surface area contributed by atoms with E-state index >= 15 is 0 Å². The summed E-state index contributed by atoms with van der Waals surface area (Å²) in [5, 5.41) is 0. The average molecular weight is 402 g/mol. The molecule has 0 saturated carbocycles. The van der Waals surface area contributed by atoms with Gasteiger partial charge in [-0.05, 0) is 60.5 Å². The normalized spacial score (nSPS) is 13.7. The fourth-order valence-corrected chi connectivity index (χ4v) is 3.29. The van der Waals surface area contributed by atoms with E-state index in [-0.39, 0.29) is 11.5 Å². The van der Waals surface area contributed by atoms with Crippen LogP contribution in [0.3, 0.4) is 0 Å². The van der Waals surface area contributed by atoms with Crippen molar-refractivity contribution in [1.82, 2.24) is 0 Å². The summed E-state index contributed by atoms with van der Waals surface area (Å²) in [6, 6.07) is 18.7. The minimum Gasteiger partial charge on any atom is -0.497 e. The van der Waals surface area contributed by atoms with Gasteiger partial charge in [0.2, 0.25) is 5.78 Å². The monoisotopic (exact) mass is 402 g/mol. The van der Waals surface area contributed by atoms with Crippen molar-refractivity contribution < 1.29 is 23.7 Å². The van der Waals surface area contributed by atoms with Crippen LogP contribution in [0.4, 0.5) is 0 Å². The van der Waals surface area contributed by atoms with Crippen LogP contribution in [0.15, 0.2) is 66.4 Å². The van der Waals surface area contributed by atoms with Crippen LogP contribution in [0, 0.1) is 6.92 Å². The van der Waals surface area contributed by atoms with Crippen molar-refractivity contribution in [2.75, 3.05) is 14.2 Å². The number of carbonyl (C=O) groups is 1. The van der Waals surface area contributed by atoms with Gasteiger partial charge in [-0.3, -0.25) is 4.79 Å². The lowest BCUT2D eigenvalue weighted by Crippen LogP contribution is -1.98. The lowest BCUT2D eigenvalue weighted by atomic mass is 10.1. The van der Waals surface area contributed by atoms with Crippen molar-refractivity contribution in [3.05, 3.63) is 88.7 Å². The first-order chi connectivity index (χ1) is 14.6. The minimum absolute atomic E-state index is 0.141. The molecule has 0 spiro atoms. The molecule has 1 heterocycles. The van der Waals surface area contributed by atoms with Crippen LogP contribution in [0.5, 0.6) is 23.0 Å². The van der Waals surface area contributed by atoms with E-state index in [9.17, 15) is 4.79 Å². The number of hydrogen-bond acceptors (Lipinski definition) is 5. The highest BCUT2D eigenvalue weighted by Gasteiger charge is 2.30. The van der Waals surface area contributed by atoms with E-state index in [1.54, 1.807) is 26.4 Å². The topological polar surface area (TPSA) is 54.0 Å². The molecule has 5 nitrogen and oxygen atoms in total. The van der Waals surface area contributed by atoms with Crippen molar-refractivity contribution >= 4 is 11.9 Å². The number of ether oxygens (including phenoxy) is 4. The third kappa shape index (κ3) is 3.87. The molecule has 0 fully saturated rings. The Morgan fingerprint density at radius 2 is 1.70 bits per heavy atom. The molecule has 0 amide bonds. The highest BCUT2D eigenvalue weighted by atomic mass is 16.5. The van der Waals surface area contributed by atoms with Crippen LogP contribution in [-0.2, 0) is 6.61 Å². The van der Waals surface area contributed by atoms with Gasteiger partial charge < -0.3 is 18.9 Å². The molecule has 152 valence electrons. The molecular weight excluding hydrogens is 380 g/mol. The molecule has 0 bridgehead atoms. The summed E-state index contributed by atoms with van der Waals surface area (Å²) < 4.78 is 22.3. The Balaban J connectivity index is 1.54. The molecule has 1 aliphatic heterocycles. The van der Waals surface area contributed by atoms with Gasteiger partial charge in [0.25, 0.3) is 0 Å². The molecule has 0 aromatic heterocycles. The number of rotatable bonds is 6. The molecule has 0 aliphatic carbocycles. The van der Waals surface area contributed by atoms with Crippen LogP contribution < -0.4 is 18.9 Å². The van der Waals surface area contributed by atoms with E-state index in [0.29, 0.717) is 23.7 Å². The molecule has 0 atom stereocenters. The number of fused-ring (bicyclic) bond motifs is 1. The summed E-state index contributed by atoms with van der Waals surface area (Å²) in [4.78, 5) is 12.8. The number of methoxy groups -OCH3 is 2. The van der Waals surface area contributed by atoms with Crippen molar-refractivity contribution in [2.24, 2.45) is 0 Å². The number of hydrogen-bond donors (Lipinski definition) is 0. The van der Waals surface area contributed by atoms with Gasteiger partial charge in [-0.25, -0.2) is 0 Å². The van der Waals surface area contributed by atoms with Crippen molar-refractivity contribution in [3.63, 3.8) is 0 Å². The number of allylic oxidation sites excluding steroid dienone is 1. The van der Waals surface area contributed by atoms with E-state index in [1.165, 1.54) is 0 Å². The van der Waals surface area contributed by atoms with Gasteiger partial charge in [0.1, 0.15) is 29.6 Å². The zero-order chi connectivity index (χ0) is 21.1. The van der Waals surface area contributed by atoms with Crippen molar-refractivity contribution in [1.29, 1.82) is 0 Å². The first-order valence-corrected chi connectivity index (χ1v) is 9.56. The van der Waals surface area contributed by atoms with Gasteiger partial charge in [0, 0.05) is 5.56 Å². The smallest absolute Gasteiger partial charge is 0.231 e. The molecule has 0 saturated heterocycles. The molecule has 5 heteroatoms. The fourth-order valence-electron chi connectivity index (χ4n) is 3.29. The first kappa shape index (κ1) is 19.6. The molecule has 3 aromatic carbocycles. The molecule has 0 N–H and O–H groups in total. The highest BCUT2D eigenvalue weighted by Crippen LogP contribution is 2.39. The quantitative estimate of drug-likeness (QED) is 0.530. The molecular formula is C25H22O5. The maximum absolute atomic E-state index is 12.8. The summed E-state index contributed by atoms with van der Waals surface area (Å²) in [5.41, 5.74) is 3.19. The van der Waals surface area contributed by atoms with E-state index in [2.05, 4.69) is 0 Å². The van der Waals surface area contributed by atoms with Gasteiger partial charge >= 0.3 is 0 Å². The molecule has 3 aromatic rings. The second-order valence-electron chi connectivity index (χ2n) is 6.92. The van der Waals surface area contributed by atoms with Gasteiger partial charge in [0.05, 0.1) is 19.8 Å². The fraction of sp³-hybridized carbons (Fsp3) is 0.160. The maximum Gasteiger partial charge on any atom is 0.231 e. The minimum atomic E-state index is -0.141. The van der Waals surface area contributed by atoms with E-state index in [4.69, 9.17) is 18.9 Å². The highest BCUT2D eigenvalue weighted by molar-refractivity contribution is 6.15. The number of carbonyl (C=O) groups excluding carboxylic acids is 1. The third-order valence-corrected chi connectivity index (χ3v) is 4.98. The SMILES string of the molecule is COc1ccc(COc2ccc3c(c2C)O/C(=C\c2cccc(OC)c2)C3=O)cc1. The molecule has 30 heavy (non-hydrogen) atoms. The van der Waals surface area contributed by atoms with Crippen LogP contribution in [0.1, 0.15) is 27.0 Å².